The number of allylic oxidation sites excluding steroid dienone is 5. The third-order valence-corrected chi connectivity index (χ3v) is 3.12. The third-order valence-electron chi connectivity index (χ3n) is 3.12. The summed E-state index contributed by atoms with van der Waals surface area (Å²) in [5, 5.41) is 0. The van der Waals surface area contributed by atoms with E-state index in [1.807, 2.05) is 6.08 Å². The van der Waals surface area contributed by atoms with E-state index >= 15 is 0 Å². The van der Waals surface area contributed by atoms with Crippen molar-refractivity contribution in [3.63, 3.8) is 0 Å². The van der Waals surface area contributed by atoms with Crippen molar-refractivity contribution in [2.45, 2.75) is 65.7 Å². The van der Waals surface area contributed by atoms with Crippen LogP contribution in [0.3, 0.4) is 0 Å². The molecule has 0 radical (unpaired) electrons. The molecule has 0 aromatic carbocycles. The topological polar surface area (TPSA) is 0 Å². The van der Waals surface area contributed by atoms with E-state index in [1.165, 1.54) is 44.1 Å². The first-order valence-corrected chi connectivity index (χ1v) is 7.29. The summed E-state index contributed by atoms with van der Waals surface area (Å²) in [5.41, 5.74) is 1.47. The second-order valence-corrected chi connectivity index (χ2v) is 4.69. The molecule has 0 aromatic rings. The molecular formula is C17H30. The zero-order valence-electron chi connectivity index (χ0n) is 12.0. The van der Waals surface area contributed by atoms with Crippen LogP contribution in [0.2, 0.25) is 0 Å². The molecule has 0 nitrogen and oxygen atoms in total. The van der Waals surface area contributed by atoms with Gasteiger partial charge in [0.25, 0.3) is 0 Å². The van der Waals surface area contributed by atoms with Crippen LogP contribution < -0.4 is 0 Å². The first-order chi connectivity index (χ1) is 8.29. The van der Waals surface area contributed by atoms with Crippen molar-refractivity contribution < 1.29 is 0 Å². The first kappa shape index (κ1) is 16.2. The molecule has 0 aromatic heterocycles. The minimum absolute atomic E-state index is 0.729. The Labute approximate surface area is 109 Å². The molecule has 0 spiro atoms. The lowest BCUT2D eigenvalue weighted by molar-refractivity contribution is 0.487. The lowest BCUT2D eigenvalue weighted by Crippen LogP contribution is -2.03. The van der Waals surface area contributed by atoms with Crippen molar-refractivity contribution in [3.8, 4) is 0 Å². The fourth-order valence-corrected chi connectivity index (χ4v) is 2.18. The maximum atomic E-state index is 3.84. The molecule has 17 heavy (non-hydrogen) atoms. The van der Waals surface area contributed by atoms with Gasteiger partial charge in [0.1, 0.15) is 0 Å². The number of hydrogen-bond acceptors (Lipinski definition) is 0. The van der Waals surface area contributed by atoms with Crippen LogP contribution in [0.1, 0.15) is 65.7 Å². The van der Waals surface area contributed by atoms with Gasteiger partial charge in [-0.05, 0) is 30.8 Å². The summed E-state index contributed by atoms with van der Waals surface area (Å²) < 4.78 is 0. The SMILES string of the molecule is C=CC=C(C=CCC)C(CCC)CCCCC. The Morgan fingerprint density at radius 1 is 1.06 bits per heavy atom. The Hall–Kier alpha value is -0.780. The van der Waals surface area contributed by atoms with Crippen LogP contribution in [-0.4, -0.2) is 0 Å². The van der Waals surface area contributed by atoms with Crippen LogP contribution >= 0.6 is 0 Å². The summed E-state index contributed by atoms with van der Waals surface area (Å²) in [6.45, 7) is 10.6. The monoisotopic (exact) mass is 234 g/mol. The summed E-state index contributed by atoms with van der Waals surface area (Å²) in [7, 11) is 0. The van der Waals surface area contributed by atoms with Crippen molar-refractivity contribution in [1.29, 1.82) is 0 Å². The fourth-order valence-electron chi connectivity index (χ4n) is 2.18. The number of rotatable bonds is 10. The maximum absolute atomic E-state index is 3.84. The van der Waals surface area contributed by atoms with Crippen LogP contribution in [0.25, 0.3) is 0 Å². The van der Waals surface area contributed by atoms with Gasteiger partial charge in [-0.25, -0.2) is 0 Å². The van der Waals surface area contributed by atoms with E-state index in [9.17, 15) is 0 Å². The van der Waals surface area contributed by atoms with Crippen molar-refractivity contribution >= 4 is 0 Å². The van der Waals surface area contributed by atoms with E-state index in [0.29, 0.717) is 0 Å². The molecule has 0 rings (SSSR count). The zero-order valence-corrected chi connectivity index (χ0v) is 12.0. The van der Waals surface area contributed by atoms with Crippen LogP contribution in [0.4, 0.5) is 0 Å². The quantitative estimate of drug-likeness (QED) is 0.318. The van der Waals surface area contributed by atoms with Crippen LogP contribution in [-0.2, 0) is 0 Å². The predicted octanol–water partition coefficient (Wildman–Crippen LogP) is 6.06. The average molecular weight is 234 g/mol. The van der Waals surface area contributed by atoms with Gasteiger partial charge in [0, 0.05) is 0 Å². The molecule has 0 saturated heterocycles. The molecule has 98 valence electrons. The molecular weight excluding hydrogens is 204 g/mol. The highest BCUT2D eigenvalue weighted by Gasteiger charge is 2.10. The van der Waals surface area contributed by atoms with Gasteiger partial charge < -0.3 is 0 Å². The van der Waals surface area contributed by atoms with Crippen molar-refractivity contribution in [3.05, 3.63) is 36.5 Å². The van der Waals surface area contributed by atoms with Gasteiger partial charge in [0.05, 0.1) is 0 Å². The molecule has 0 saturated carbocycles. The summed E-state index contributed by atoms with van der Waals surface area (Å²) in [6, 6.07) is 0. The molecule has 0 amide bonds. The second-order valence-electron chi connectivity index (χ2n) is 4.69. The molecule has 0 heteroatoms. The number of unbranched alkanes of at least 4 members (excludes halogenated alkanes) is 2. The summed E-state index contributed by atoms with van der Waals surface area (Å²) in [5.74, 6) is 0.729. The van der Waals surface area contributed by atoms with Crippen molar-refractivity contribution in [2.75, 3.05) is 0 Å². The standard InChI is InChI=1S/C17H30/c1-5-9-11-15-17(13-8-4)16(12-7-3)14-10-6-2/h7,10,12,14,17H,3,5-6,8-9,11,13,15H2,1-2,4H3. The van der Waals surface area contributed by atoms with Crippen LogP contribution in [0, 0.1) is 5.92 Å². The van der Waals surface area contributed by atoms with E-state index in [-0.39, 0.29) is 0 Å². The summed E-state index contributed by atoms with van der Waals surface area (Å²) >= 11 is 0. The Bertz CT molecular complexity index is 232. The van der Waals surface area contributed by atoms with Gasteiger partial charge in [-0.3, -0.25) is 0 Å². The minimum Gasteiger partial charge on any atom is -0.0991 e. The molecule has 0 aliphatic heterocycles. The van der Waals surface area contributed by atoms with E-state index in [2.05, 4.69) is 45.6 Å². The van der Waals surface area contributed by atoms with Crippen molar-refractivity contribution in [2.24, 2.45) is 5.92 Å². The van der Waals surface area contributed by atoms with E-state index in [1.54, 1.807) is 0 Å². The highest BCUT2D eigenvalue weighted by atomic mass is 14.2. The summed E-state index contributed by atoms with van der Waals surface area (Å²) in [4.78, 5) is 0. The van der Waals surface area contributed by atoms with Gasteiger partial charge in [-0.1, -0.05) is 77.3 Å². The normalized spacial score (nSPS) is 14.2. The Morgan fingerprint density at radius 2 is 1.82 bits per heavy atom. The molecule has 0 fully saturated rings. The largest absolute Gasteiger partial charge is 0.0991 e. The third kappa shape index (κ3) is 8.01. The highest BCUT2D eigenvalue weighted by molar-refractivity contribution is 5.25. The van der Waals surface area contributed by atoms with Gasteiger partial charge in [-0.2, -0.15) is 0 Å². The maximum Gasteiger partial charge on any atom is -0.0162 e. The van der Waals surface area contributed by atoms with Gasteiger partial charge >= 0.3 is 0 Å². The van der Waals surface area contributed by atoms with Crippen molar-refractivity contribution in [1.82, 2.24) is 0 Å². The Kier molecular flexibility index (Phi) is 11.2. The van der Waals surface area contributed by atoms with E-state index < -0.39 is 0 Å². The smallest absolute Gasteiger partial charge is 0.0162 e. The van der Waals surface area contributed by atoms with Crippen LogP contribution in [0.5, 0.6) is 0 Å². The second kappa shape index (κ2) is 11.7. The molecule has 1 atom stereocenters. The molecule has 0 aliphatic rings. The first-order valence-electron chi connectivity index (χ1n) is 7.29. The molecule has 0 N–H and O–H groups in total. The predicted molar refractivity (Wildman–Crippen MR) is 80.3 cm³/mol. The Morgan fingerprint density at radius 3 is 2.35 bits per heavy atom. The van der Waals surface area contributed by atoms with Gasteiger partial charge in [0.2, 0.25) is 0 Å². The molecule has 0 heterocycles. The highest BCUT2D eigenvalue weighted by Crippen LogP contribution is 2.25. The lowest BCUT2D eigenvalue weighted by atomic mass is 9.88. The van der Waals surface area contributed by atoms with E-state index in [4.69, 9.17) is 0 Å². The van der Waals surface area contributed by atoms with E-state index in [0.717, 1.165) is 12.3 Å². The summed E-state index contributed by atoms with van der Waals surface area (Å²) in [6.07, 6.45) is 17.7. The fraction of sp³-hybridized carbons (Fsp3) is 0.647. The molecule has 0 bridgehead atoms. The van der Waals surface area contributed by atoms with Crippen LogP contribution in [0.15, 0.2) is 36.5 Å². The minimum atomic E-state index is 0.729. The zero-order chi connectivity index (χ0) is 12.9. The molecule has 0 aliphatic carbocycles. The lowest BCUT2D eigenvalue weighted by Gasteiger charge is -2.17. The number of hydrogen-bond donors (Lipinski definition) is 0. The van der Waals surface area contributed by atoms with Gasteiger partial charge in [-0.15, -0.1) is 0 Å². The Balaban J connectivity index is 4.52. The van der Waals surface area contributed by atoms with Gasteiger partial charge in [0.15, 0.2) is 0 Å². The average Bonchev–Trinajstić information content (AvgIpc) is 2.34. The molecule has 1 unspecified atom stereocenters.